The molecular formula is C8H5N2-. The third-order valence-corrected chi connectivity index (χ3v) is 1.24. The summed E-state index contributed by atoms with van der Waals surface area (Å²) in [5.41, 5.74) is 0.603. The van der Waals surface area contributed by atoms with Crippen molar-refractivity contribution >= 4 is 5.87 Å². The number of nitrogens with zero attached hydrogens (tertiary/aromatic N) is 2. The quantitative estimate of drug-likeness (QED) is 0.456. The van der Waals surface area contributed by atoms with Crippen LogP contribution in [0.25, 0.3) is 5.41 Å². The van der Waals surface area contributed by atoms with Crippen molar-refractivity contribution in [3.05, 3.63) is 35.3 Å². The van der Waals surface area contributed by atoms with Crippen LogP contribution in [0.15, 0.2) is 29.9 Å². The van der Waals surface area contributed by atoms with Crippen LogP contribution in [0.2, 0.25) is 0 Å². The van der Waals surface area contributed by atoms with Crippen molar-refractivity contribution in [3.63, 3.8) is 0 Å². The Labute approximate surface area is 59.3 Å². The van der Waals surface area contributed by atoms with Crippen molar-refractivity contribution in [1.29, 1.82) is 5.26 Å². The third-order valence-electron chi connectivity index (χ3n) is 1.24. The van der Waals surface area contributed by atoms with Crippen molar-refractivity contribution in [2.45, 2.75) is 0 Å². The molecule has 1 rings (SSSR count). The van der Waals surface area contributed by atoms with Gasteiger partial charge in [0.15, 0.2) is 0 Å². The predicted molar refractivity (Wildman–Crippen MR) is 39.3 cm³/mol. The largest absolute Gasteiger partial charge is 0.763 e. The van der Waals surface area contributed by atoms with Crippen LogP contribution in [0.3, 0.4) is 0 Å². The second-order valence-electron chi connectivity index (χ2n) is 1.94. The minimum Gasteiger partial charge on any atom is -0.763 e. The summed E-state index contributed by atoms with van der Waals surface area (Å²) in [6, 6.07) is 2.05. The fraction of sp³-hybridized carbons (Fsp3) is 0.125. The smallest absolute Gasteiger partial charge is 0.0831 e. The summed E-state index contributed by atoms with van der Waals surface area (Å²) >= 11 is 0. The zero-order valence-corrected chi connectivity index (χ0v) is 5.28. The second-order valence-corrected chi connectivity index (χ2v) is 1.94. The summed E-state index contributed by atoms with van der Waals surface area (Å²) in [6.45, 7) is 0. The fourth-order valence-electron chi connectivity index (χ4n) is 0.695. The number of allylic oxidation sites excluding steroid dienone is 5. The van der Waals surface area contributed by atoms with E-state index in [4.69, 9.17) is 10.7 Å². The third kappa shape index (κ3) is 1.22. The highest BCUT2D eigenvalue weighted by Crippen LogP contribution is 2.09. The maximum Gasteiger partial charge on any atom is 0.0831 e. The van der Waals surface area contributed by atoms with Gasteiger partial charge in [-0.15, -0.1) is 0 Å². The highest BCUT2D eigenvalue weighted by atomic mass is 14.3. The molecule has 48 valence electrons. The molecule has 0 spiro atoms. The maximum absolute atomic E-state index is 8.41. The number of rotatable bonds is 0. The first kappa shape index (κ1) is 6.54. The Hall–Kier alpha value is -1.58. The van der Waals surface area contributed by atoms with Crippen molar-refractivity contribution in [2.24, 2.45) is 5.92 Å². The molecule has 0 aromatic carbocycles. The van der Waals surface area contributed by atoms with Gasteiger partial charge in [0, 0.05) is 0 Å². The lowest BCUT2D eigenvalue weighted by Gasteiger charge is -2.01. The Morgan fingerprint density at radius 3 is 2.40 bits per heavy atom. The van der Waals surface area contributed by atoms with Crippen LogP contribution < -0.4 is 0 Å². The lowest BCUT2D eigenvalue weighted by Crippen LogP contribution is -1.91. The zero-order valence-electron chi connectivity index (χ0n) is 5.28. The first-order valence-corrected chi connectivity index (χ1v) is 2.90. The highest BCUT2D eigenvalue weighted by Gasteiger charge is 1.99. The Balaban J connectivity index is 2.83. The van der Waals surface area contributed by atoms with Gasteiger partial charge in [0.25, 0.3) is 0 Å². The van der Waals surface area contributed by atoms with Crippen LogP contribution in [0.5, 0.6) is 0 Å². The van der Waals surface area contributed by atoms with Gasteiger partial charge in [-0.25, -0.2) is 0 Å². The van der Waals surface area contributed by atoms with Crippen molar-refractivity contribution in [1.82, 2.24) is 0 Å². The number of hydrogen-bond donors (Lipinski definition) is 0. The molecule has 0 bridgehead atoms. The molecule has 0 aromatic heterocycles. The molecule has 0 aliphatic heterocycles. The molecule has 0 atom stereocenters. The van der Waals surface area contributed by atoms with Gasteiger partial charge in [0.1, 0.15) is 0 Å². The molecule has 2 nitrogen and oxygen atoms in total. The van der Waals surface area contributed by atoms with Crippen molar-refractivity contribution in [2.75, 3.05) is 0 Å². The average molecular weight is 129 g/mol. The Bertz CT molecular complexity index is 256. The van der Waals surface area contributed by atoms with E-state index in [0.717, 1.165) is 0 Å². The molecule has 0 heterocycles. The molecule has 1 aliphatic rings. The first-order valence-electron chi connectivity index (χ1n) is 2.90. The van der Waals surface area contributed by atoms with E-state index in [1.807, 2.05) is 5.87 Å². The van der Waals surface area contributed by atoms with E-state index in [-0.39, 0.29) is 5.92 Å². The van der Waals surface area contributed by atoms with Crippen LogP contribution in [0.1, 0.15) is 0 Å². The Morgan fingerprint density at radius 1 is 1.40 bits per heavy atom. The van der Waals surface area contributed by atoms with Gasteiger partial charge in [0.2, 0.25) is 0 Å². The van der Waals surface area contributed by atoms with Gasteiger partial charge < -0.3 is 5.41 Å². The molecule has 0 radical (unpaired) electrons. The minimum atomic E-state index is -0.155. The summed E-state index contributed by atoms with van der Waals surface area (Å²) in [5, 5.41) is 16.8. The molecule has 1 aliphatic carbocycles. The van der Waals surface area contributed by atoms with E-state index >= 15 is 0 Å². The van der Waals surface area contributed by atoms with Crippen LogP contribution in [-0.4, -0.2) is 5.87 Å². The van der Waals surface area contributed by atoms with E-state index in [9.17, 15) is 0 Å². The molecule has 0 aromatic rings. The summed E-state index contributed by atoms with van der Waals surface area (Å²) < 4.78 is 0. The highest BCUT2D eigenvalue weighted by molar-refractivity contribution is 5.69. The molecular weight excluding hydrogens is 124 g/mol. The molecule has 0 saturated carbocycles. The first-order chi connectivity index (χ1) is 4.86. The van der Waals surface area contributed by atoms with Gasteiger partial charge in [-0.05, 0) is 5.57 Å². The topological polar surface area (TPSA) is 46.1 Å². The van der Waals surface area contributed by atoms with E-state index in [1.54, 1.807) is 24.3 Å². The van der Waals surface area contributed by atoms with Crippen LogP contribution >= 0.6 is 0 Å². The van der Waals surface area contributed by atoms with Crippen LogP contribution in [0, 0.1) is 17.2 Å². The van der Waals surface area contributed by atoms with Gasteiger partial charge in [-0.1, -0.05) is 24.3 Å². The number of nitriles is 1. The monoisotopic (exact) mass is 129 g/mol. The van der Waals surface area contributed by atoms with Gasteiger partial charge >= 0.3 is 0 Å². The van der Waals surface area contributed by atoms with Crippen molar-refractivity contribution in [3.8, 4) is 6.07 Å². The fourth-order valence-corrected chi connectivity index (χ4v) is 0.695. The van der Waals surface area contributed by atoms with Gasteiger partial charge in [-0.2, -0.15) is 5.26 Å². The van der Waals surface area contributed by atoms with E-state index in [1.165, 1.54) is 0 Å². The van der Waals surface area contributed by atoms with Gasteiger partial charge in [-0.3, -0.25) is 5.87 Å². The molecule has 0 N–H and O–H groups in total. The lowest BCUT2D eigenvalue weighted by atomic mass is 10.0. The minimum absolute atomic E-state index is 0.155. The van der Waals surface area contributed by atoms with Gasteiger partial charge in [0.05, 0.1) is 12.0 Å². The van der Waals surface area contributed by atoms with Crippen LogP contribution in [0.4, 0.5) is 0 Å². The molecule has 0 amide bonds. The van der Waals surface area contributed by atoms with Crippen molar-refractivity contribution < 1.29 is 0 Å². The molecule has 0 unspecified atom stereocenters. The predicted octanol–water partition coefficient (Wildman–Crippen LogP) is 1.42. The lowest BCUT2D eigenvalue weighted by molar-refractivity contribution is 1.07. The standard InChI is InChI=1S/C8H5N2/c9-5-7-1-2-8(6-10)4-3-7/h1-4,7H/q-1. The molecule has 10 heavy (non-hydrogen) atoms. The van der Waals surface area contributed by atoms with E-state index in [2.05, 4.69) is 6.07 Å². The molecule has 0 saturated heterocycles. The summed E-state index contributed by atoms with van der Waals surface area (Å²) in [4.78, 5) is 0. The zero-order chi connectivity index (χ0) is 7.40. The SMILES string of the molecule is N#CC1C=CC(=C=[N-])C=C1. The Kier molecular flexibility index (Phi) is 1.84. The number of hydrogen-bond acceptors (Lipinski definition) is 1. The summed E-state index contributed by atoms with van der Waals surface area (Å²) in [5.74, 6) is 1.83. The summed E-state index contributed by atoms with van der Waals surface area (Å²) in [7, 11) is 0. The molecule has 0 fully saturated rings. The van der Waals surface area contributed by atoms with E-state index < -0.39 is 0 Å². The van der Waals surface area contributed by atoms with E-state index in [0.29, 0.717) is 5.57 Å². The normalized spacial score (nSPS) is 21.9. The maximum atomic E-state index is 8.41. The second kappa shape index (κ2) is 2.82. The van der Waals surface area contributed by atoms with Crippen LogP contribution in [-0.2, 0) is 0 Å². The summed E-state index contributed by atoms with van der Waals surface area (Å²) in [6.07, 6.45) is 6.74. The Morgan fingerprint density at radius 2 is 2.00 bits per heavy atom. The molecule has 2 heteroatoms. The average Bonchev–Trinajstić information content (AvgIpc) is 2.05.